The van der Waals surface area contributed by atoms with Gasteiger partial charge in [-0.05, 0) is 54.7 Å². The number of ether oxygens (including phenoxy) is 1. The van der Waals surface area contributed by atoms with Gasteiger partial charge in [0.25, 0.3) is 0 Å². The first kappa shape index (κ1) is 25.1. The molecule has 0 spiro atoms. The molecular formula is C24H29N5O4S. The number of benzene rings is 2. The second-order valence-corrected chi connectivity index (χ2v) is 9.25. The molecule has 0 aliphatic rings. The fourth-order valence-corrected chi connectivity index (χ4v) is 3.84. The molecule has 1 amide bonds. The second-order valence-electron chi connectivity index (χ2n) is 8.31. The van der Waals surface area contributed by atoms with Gasteiger partial charge in [-0.3, -0.25) is 15.0 Å². The van der Waals surface area contributed by atoms with Gasteiger partial charge in [0.15, 0.2) is 5.82 Å². The molecule has 0 saturated heterocycles. The number of thioether (sulfide) groups is 1. The number of nitrogen functional groups attached to an aromatic ring is 1. The lowest BCUT2D eigenvalue weighted by atomic mass is 9.96. The first-order valence-corrected chi connectivity index (χ1v) is 11.9. The van der Waals surface area contributed by atoms with Crippen molar-refractivity contribution in [3.8, 4) is 5.75 Å². The first-order valence-electron chi connectivity index (χ1n) is 10.9. The van der Waals surface area contributed by atoms with Crippen LogP contribution in [0.5, 0.6) is 5.75 Å². The van der Waals surface area contributed by atoms with Crippen molar-refractivity contribution in [2.45, 2.75) is 44.9 Å². The normalized spacial score (nSPS) is 11.9. The number of nitrogens with zero attached hydrogens (tertiary/aromatic N) is 3. The van der Waals surface area contributed by atoms with Crippen molar-refractivity contribution in [2.24, 2.45) is 5.92 Å². The lowest BCUT2D eigenvalue weighted by Gasteiger charge is -2.16. The van der Waals surface area contributed by atoms with Crippen molar-refractivity contribution >= 4 is 29.3 Å². The number of hydrogen-bond acceptors (Lipinski definition) is 7. The summed E-state index contributed by atoms with van der Waals surface area (Å²) in [7, 11) is 0. The summed E-state index contributed by atoms with van der Waals surface area (Å²) in [6.07, 6.45) is 0.975. The molecule has 3 aromatic rings. The third-order valence-electron chi connectivity index (χ3n) is 5.01. The van der Waals surface area contributed by atoms with E-state index in [2.05, 4.69) is 29.5 Å². The molecule has 0 bridgehead atoms. The van der Waals surface area contributed by atoms with Gasteiger partial charge in [0.1, 0.15) is 12.4 Å². The fraction of sp³-hybridized carbons (Fsp3) is 0.333. The molecule has 1 aromatic heterocycles. The molecular weight excluding hydrogens is 454 g/mol. The summed E-state index contributed by atoms with van der Waals surface area (Å²) >= 11 is 0.960. The summed E-state index contributed by atoms with van der Waals surface area (Å²) in [6, 6.07) is 14.9. The molecule has 1 unspecified atom stereocenters. The average Bonchev–Trinajstić information content (AvgIpc) is 3.18. The van der Waals surface area contributed by atoms with Crippen LogP contribution in [-0.2, 0) is 22.6 Å². The van der Waals surface area contributed by atoms with E-state index >= 15 is 0 Å². The lowest BCUT2D eigenvalue weighted by Crippen LogP contribution is -2.29. The minimum atomic E-state index is -1.000. The summed E-state index contributed by atoms with van der Waals surface area (Å²) in [5.74, 6) is -0.487. The largest absolute Gasteiger partial charge is 0.486 e. The van der Waals surface area contributed by atoms with Crippen LogP contribution in [0.4, 0.5) is 5.69 Å². The molecule has 0 saturated carbocycles. The van der Waals surface area contributed by atoms with Gasteiger partial charge in [0, 0.05) is 5.69 Å². The van der Waals surface area contributed by atoms with Crippen LogP contribution in [0.1, 0.15) is 43.6 Å². The molecule has 0 radical (unpaired) electrons. The topological polar surface area (TPSA) is 132 Å². The van der Waals surface area contributed by atoms with Gasteiger partial charge >= 0.3 is 5.97 Å². The van der Waals surface area contributed by atoms with Gasteiger partial charge in [-0.2, -0.15) is 0 Å². The highest BCUT2D eigenvalue weighted by atomic mass is 32.2. The number of carbonyl (C=O) groups excluding carboxylic acids is 1. The standard InChI is InChI=1S/C24H29N5O4S/c1-15(2)12-17-4-6-18(7-5-17)16(3)23(32)28-29-21(26-27-24(29)34-14-22(30)31)13-33-20-10-8-19(25)9-11-20/h4-11,15-16H,12-14,25H2,1-3H3,(H,28,32)(H,30,31). The van der Waals surface area contributed by atoms with E-state index in [1.807, 2.05) is 31.2 Å². The van der Waals surface area contributed by atoms with E-state index in [-0.39, 0.29) is 23.4 Å². The van der Waals surface area contributed by atoms with Crippen molar-refractivity contribution in [2.75, 3.05) is 16.9 Å². The van der Waals surface area contributed by atoms with E-state index in [4.69, 9.17) is 15.6 Å². The Morgan fingerprint density at radius 1 is 1.09 bits per heavy atom. The van der Waals surface area contributed by atoms with Gasteiger partial charge in [-0.15, -0.1) is 10.2 Å². The first-order chi connectivity index (χ1) is 16.2. The van der Waals surface area contributed by atoms with E-state index in [0.717, 1.165) is 23.7 Å². The van der Waals surface area contributed by atoms with Crippen LogP contribution in [-0.4, -0.2) is 37.6 Å². The third kappa shape index (κ3) is 6.98. The van der Waals surface area contributed by atoms with Crippen molar-refractivity contribution < 1.29 is 19.4 Å². The molecule has 9 nitrogen and oxygen atoms in total. The van der Waals surface area contributed by atoms with Crippen LogP contribution in [0.25, 0.3) is 0 Å². The zero-order valence-electron chi connectivity index (χ0n) is 19.4. The molecule has 3 rings (SSSR count). The number of anilines is 1. The SMILES string of the molecule is CC(C)Cc1ccc(C(C)C(=O)Nn2c(COc3ccc(N)cc3)nnc2SCC(=O)O)cc1. The second kappa shape index (κ2) is 11.6. The predicted octanol–water partition coefficient (Wildman–Crippen LogP) is 3.69. The van der Waals surface area contributed by atoms with Crippen LogP contribution in [0.3, 0.4) is 0 Å². The Kier molecular flexibility index (Phi) is 8.53. The number of nitrogens with one attached hydrogen (secondary N) is 1. The lowest BCUT2D eigenvalue weighted by molar-refractivity contribution is -0.133. The van der Waals surface area contributed by atoms with Crippen molar-refractivity contribution in [1.82, 2.24) is 14.9 Å². The van der Waals surface area contributed by atoms with Gasteiger partial charge in [0.05, 0.1) is 11.7 Å². The highest BCUT2D eigenvalue weighted by Gasteiger charge is 2.21. The number of carboxylic acid groups (broad SMARTS) is 1. The summed E-state index contributed by atoms with van der Waals surface area (Å²) in [4.78, 5) is 24.1. The van der Waals surface area contributed by atoms with Crippen molar-refractivity contribution in [3.05, 3.63) is 65.5 Å². The highest BCUT2D eigenvalue weighted by Crippen LogP contribution is 2.21. The molecule has 0 aliphatic heterocycles. The van der Waals surface area contributed by atoms with E-state index in [1.165, 1.54) is 10.2 Å². The van der Waals surface area contributed by atoms with Crippen LogP contribution in [0, 0.1) is 5.92 Å². The minimum Gasteiger partial charge on any atom is -0.486 e. The molecule has 1 atom stereocenters. The number of rotatable bonds is 11. The number of aliphatic carboxylic acids is 1. The zero-order chi connectivity index (χ0) is 24.7. The Bertz CT molecular complexity index is 1110. The van der Waals surface area contributed by atoms with Crippen LogP contribution in [0.15, 0.2) is 53.7 Å². The maximum Gasteiger partial charge on any atom is 0.313 e. The van der Waals surface area contributed by atoms with Gasteiger partial charge in [-0.1, -0.05) is 49.9 Å². The molecule has 0 fully saturated rings. The molecule has 180 valence electrons. The zero-order valence-corrected chi connectivity index (χ0v) is 20.2. The van der Waals surface area contributed by atoms with Gasteiger partial charge < -0.3 is 15.6 Å². The van der Waals surface area contributed by atoms with Gasteiger partial charge in [-0.25, -0.2) is 4.68 Å². The summed E-state index contributed by atoms with van der Waals surface area (Å²) in [5, 5.41) is 17.4. The Morgan fingerprint density at radius 2 is 1.76 bits per heavy atom. The maximum absolute atomic E-state index is 13.1. The molecule has 10 heteroatoms. The molecule has 34 heavy (non-hydrogen) atoms. The van der Waals surface area contributed by atoms with Crippen LogP contribution >= 0.6 is 11.8 Å². The molecule has 1 heterocycles. The van der Waals surface area contributed by atoms with E-state index in [1.54, 1.807) is 24.3 Å². The highest BCUT2D eigenvalue weighted by molar-refractivity contribution is 7.99. The Morgan fingerprint density at radius 3 is 2.38 bits per heavy atom. The van der Waals surface area contributed by atoms with Crippen LogP contribution < -0.4 is 15.9 Å². The van der Waals surface area contributed by atoms with Gasteiger partial charge in [0.2, 0.25) is 11.1 Å². The average molecular weight is 484 g/mol. The maximum atomic E-state index is 13.1. The fourth-order valence-electron chi connectivity index (χ4n) is 3.21. The number of carboxylic acids is 1. The van der Waals surface area contributed by atoms with Crippen molar-refractivity contribution in [3.63, 3.8) is 0 Å². The Labute approximate surface area is 202 Å². The summed E-state index contributed by atoms with van der Waals surface area (Å²) < 4.78 is 7.13. The smallest absolute Gasteiger partial charge is 0.313 e. The predicted molar refractivity (Wildman–Crippen MR) is 131 cm³/mol. The number of amides is 1. The Balaban J connectivity index is 1.75. The monoisotopic (exact) mass is 483 g/mol. The van der Waals surface area contributed by atoms with Crippen molar-refractivity contribution in [1.29, 1.82) is 0 Å². The number of carbonyl (C=O) groups is 2. The third-order valence-corrected chi connectivity index (χ3v) is 5.93. The minimum absolute atomic E-state index is 0.0170. The number of hydrogen-bond donors (Lipinski definition) is 3. The number of nitrogens with two attached hydrogens (primary N) is 1. The number of aromatic nitrogens is 3. The van der Waals surface area contributed by atoms with E-state index in [9.17, 15) is 9.59 Å². The van der Waals surface area contributed by atoms with Crippen LogP contribution in [0.2, 0.25) is 0 Å². The molecule has 0 aliphatic carbocycles. The molecule has 4 N–H and O–H groups in total. The summed E-state index contributed by atoms with van der Waals surface area (Å²) in [5.41, 5.74) is 11.2. The Hall–Kier alpha value is -3.53. The van der Waals surface area contributed by atoms with E-state index < -0.39 is 11.9 Å². The molecule has 2 aromatic carbocycles. The summed E-state index contributed by atoms with van der Waals surface area (Å²) in [6.45, 7) is 6.16. The quantitative estimate of drug-likeness (QED) is 0.278. The van der Waals surface area contributed by atoms with E-state index in [0.29, 0.717) is 23.2 Å².